The predicted molar refractivity (Wildman–Crippen MR) is 61.9 cm³/mol. The molecule has 1 aliphatic rings. The zero-order valence-electron chi connectivity index (χ0n) is 10.0. The lowest BCUT2D eigenvalue weighted by Crippen LogP contribution is -2.22. The highest BCUT2D eigenvalue weighted by atomic mass is 19.1. The first-order chi connectivity index (χ1) is 8.66. The Labute approximate surface area is 104 Å². The standard InChI is InChI=1S/C13H16F3NO/c14-9-7-12(15)11(13(16)8-9)3-5-18-6-4-17-10-1-2-10/h7-8,10,17H,1-6H2. The first-order valence-electron chi connectivity index (χ1n) is 6.11. The minimum absolute atomic E-state index is 0.112. The second-order valence-electron chi connectivity index (χ2n) is 4.44. The Morgan fingerprint density at radius 3 is 2.39 bits per heavy atom. The Bertz CT molecular complexity index is 384. The van der Waals surface area contributed by atoms with E-state index in [4.69, 9.17) is 4.74 Å². The van der Waals surface area contributed by atoms with Crippen LogP contribution in [0.4, 0.5) is 13.2 Å². The van der Waals surface area contributed by atoms with Crippen LogP contribution in [0.1, 0.15) is 18.4 Å². The quantitative estimate of drug-likeness (QED) is 0.759. The molecule has 0 bridgehead atoms. The van der Waals surface area contributed by atoms with Crippen LogP contribution in [0.15, 0.2) is 12.1 Å². The molecule has 1 saturated carbocycles. The van der Waals surface area contributed by atoms with Gasteiger partial charge in [-0.25, -0.2) is 13.2 Å². The summed E-state index contributed by atoms with van der Waals surface area (Å²) in [5, 5.41) is 3.26. The third kappa shape index (κ3) is 3.99. The van der Waals surface area contributed by atoms with Crippen molar-refractivity contribution in [2.45, 2.75) is 25.3 Å². The molecule has 1 aromatic carbocycles. The minimum Gasteiger partial charge on any atom is -0.380 e. The number of hydrogen-bond acceptors (Lipinski definition) is 2. The average molecular weight is 259 g/mol. The molecule has 0 heterocycles. The van der Waals surface area contributed by atoms with Crippen LogP contribution in [-0.2, 0) is 11.2 Å². The molecular weight excluding hydrogens is 243 g/mol. The van der Waals surface area contributed by atoms with Crippen molar-refractivity contribution in [3.05, 3.63) is 35.1 Å². The van der Waals surface area contributed by atoms with E-state index in [1.165, 1.54) is 12.8 Å². The van der Waals surface area contributed by atoms with Gasteiger partial charge in [0.05, 0.1) is 13.2 Å². The Morgan fingerprint density at radius 1 is 1.11 bits per heavy atom. The molecule has 0 spiro atoms. The predicted octanol–water partition coefficient (Wildman–Crippen LogP) is 2.42. The number of benzene rings is 1. The molecule has 100 valence electrons. The number of rotatable bonds is 7. The Kier molecular flexibility index (Phi) is 4.60. The first kappa shape index (κ1) is 13.4. The fraction of sp³-hybridized carbons (Fsp3) is 0.538. The topological polar surface area (TPSA) is 21.3 Å². The highest BCUT2D eigenvalue weighted by Crippen LogP contribution is 2.18. The second kappa shape index (κ2) is 6.20. The molecule has 1 fully saturated rings. The van der Waals surface area contributed by atoms with Gasteiger partial charge in [-0.15, -0.1) is 0 Å². The van der Waals surface area contributed by atoms with Crippen LogP contribution in [0.2, 0.25) is 0 Å². The monoisotopic (exact) mass is 259 g/mol. The third-order valence-electron chi connectivity index (χ3n) is 2.86. The van der Waals surface area contributed by atoms with Gasteiger partial charge in [-0.3, -0.25) is 0 Å². The van der Waals surface area contributed by atoms with Crippen molar-refractivity contribution in [2.75, 3.05) is 19.8 Å². The summed E-state index contributed by atoms with van der Waals surface area (Å²) in [5.74, 6) is -2.61. The maximum Gasteiger partial charge on any atom is 0.132 e. The van der Waals surface area contributed by atoms with Crippen LogP contribution in [0, 0.1) is 17.5 Å². The lowest BCUT2D eigenvalue weighted by molar-refractivity contribution is 0.137. The molecule has 0 aromatic heterocycles. The van der Waals surface area contributed by atoms with E-state index >= 15 is 0 Å². The van der Waals surface area contributed by atoms with Gasteiger partial charge in [0.15, 0.2) is 0 Å². The maximum atomic E-state index is 13.3. The van der Waals surface area contributed by atoms with Crippen molar-refractivity contribution in [2.24, 2.45) is 0 Å². The highest BCUT2D eigenvalue weighted by molar-refractivity contribution is 5.20. The smallest absolute Gasteiger partial charge is 0.132 e. The zero-order chi connectivity index (χ0) is 13.0. The van der Waals surface area contributed by atoms with E-state index < -0.39 is 17.5 Å². The number of halogens is 3. The van der Waals surface area contributed by atoms with Crippen molar-refractivity contribution in [1.82, 2.24) is 5.32 Å². The summed E-state index contributed by atoms with van der Waals surface area (Å²) in [6.45, 7) is 1.49. The van der Waals surface area contributed by atoms with Crippen LogP contribution in [0.5, 0.6) is 0 Å². The fourth-order valence-corrected chi connectivity index (χ4v) is 1.71. The first-order valence-corrected chi connectivity index (χ1v) is 6.11. The molecule has 0 radical (unpaired) electrons. The van der Waals surface area contributed by atoms with Crippen molar-refractivity contribution in [3.63, 3.8) is 0 Å². The van der Waals surface area contributed by atoms with E-state index in [-0.39, 0.29) is 18.6 Å². The molecule has 2 rings (SSSR count). The lowest BCUT2D eigenvalue weighted by Gasteiger charge is -2.07. The molecule has 2 nitrogen and oxygen atoms in total. The number of nitrogens with one attached hydrogen (secondary N) is 1. The van der Waals surface area contributed by atoms with Crippen LogP contribution >= 0.6 is 0 Å². The molecule has 1 aliphatic carbocycles. The molecule has 0 saturated heterocycles. The minimum atomic E-state index is -0.900. The molecule has 1 N–H and O–H groups in total. The van der Waals surface area contributed by atoms with Gasteiger partial charge in [-0.05, 0) is 12.8 Å². The van der Waals surface area contributed by atoms with Gasteiger partial charge in [0.2, 0.25) is 0 Å². The number of hydrogen-bond donors (Lipinski definition) is 1. The molecule has 0 amide bonds. The van der Waals surface area contributed by atoms with E-state index in [1.807, 2.05) is 0 Å². The summed E-state index contributed by atoms with van der Waals surface area (Å²) in [6, 6.07) is 2.00. The summed E-state index contributed by atoms with van der Waals surface area (Å²) >= 11 is 0. The second-order valence-corrected chi connectivity index (χ2v) is 4.44. The van der Waals surface area contributed by atoms with Crippen LogP contribution < -0.4 is 5.32 Å². The summed E-state index contributed by atoms with van der Waals surface area (Å²) < 4.78 is 44.4. The Morgan fingerprint density at radius 2 is 1.78 bits per heavy atom. The summed E-state index contributed by atoms with van der Waals surface area (Å²) in [6.07, 6.45) is 2.54. The number of ether oxygens (including phenoxy) is 1. The normalized spacial score (nSPS) is 15.1. The van der Waals surface area contributed by atoms with Crippen molar-refractivity contribution in [1.29, 1.82) is 0 Å². The molecule has 5 heteroatoms. The van der Waals surface area contributed by atoms with Crippen LogP contribution in [0.3, 0.4) is 0 Å². The molecule has 1 aromatic rings. The van der Waals surface area contributed by atoms with Crippen LogP contribution in [-0.4, -0.2) is 25.8 Å². The van der Waals surface area contributed by atoms with Gasteiger partial charge in [0, 0.05) is 36.7 Å². The summed E-state index contributed by atoms with van der Waals surface area (Å²) in [7, 11) is 0. The third-order valence-corrected chi connectivity index (χ3v) is 2.86. The lowest BCUT2D eigenvalue weighted by atomic mass is 10.1. The van der Waals surface area contributed by atoms with Crippen LogP contribution in [0.25, 0.3) is 0 Å². The molecule has 18 heavy (non-hydrogen) atoms. The molecular formula is C13H16F3NO. The molecule has 0 aliphatic heterocycles. The van der Waals surface area contributed by atoms with Gasteiger partial charge < -0.3 is 10.1 Å². The van der Waals surface area contributed by atoms with Gasteiger partial charge in [-0.1, -0.05) is 0 Å². The molecule has 0 unspecified atom stereocenters. The zero-order valence-corrected chi connectivity index (χ0v) is 10.0. The van der Waals surface area contributed by atoms with E-state index in [9.17, 15) is 13.2 Å². The fourth-order valence-electron chi connectivity index (χ4n) is 1.71. The SMILES string of the molecule is Fc1cc(F)c(CCOCCNC2CC2)c(F)c1. The van der Waals surface area contributed by atoms with Gasteiger partial charge in [0.25, 0.3) is 0 Å². The van der Waals surface area contributed by atoms with Crippen molar-refractivity contribution < 1.29 is 17.9 Å². The molecule has 0 atom stereocenters. The maximum absolute atomic E-state index is 13.3. The van der Waals surface area contributed by atoms with E-state index in [0.29, 0.717) is 24.8 Å². The van der Waals surface area contributed by atoms with Crippen molar-refractivity contribution in [3.8, 4) is 0 Å². The van der Waals surface area contributed by atoms with E-state index in [2.05, 4.69) is 5.32 Å². The average Bonchev–Trinajstić information content (AvgIpc) is 3.09. The highest BCUT2D eigenvalue weighted by Gasteiger charge is 2.19. The Hall–Kier alpha value is -1.07. The van der Waals surface area contributed by atoms with E-state index in [1.54, 1.807) is 0 Å². The van der Waals surface area contributed by atoms with Gasteiger partial charge in [-0.2, -0.15) is 0 Å². The van der Waals surface area contributed by atoms with Gasteiger partial charge in [0.1, 0.15) is 17.5 Å². The van der Waals surface area contributed by atoms with E-state index in [0.717, 1.165) is 6.54 Å². The summed E-state index contributed by atoms with van der Waals surface area (Å²) in [4.78, 5) is 0. The largest absolute Gasteiger partial charge is 0.380 e. The van der Waals surface area contributed by atoms with Gasteiger partial charge >= 0.3 is 0 Å². The summed E-state index contributed by atoms with van der Waals surface area (Å²) in [5.41, 5.74) is -0.119. The Balaban J connectivity index is 1.68. The van der Waals surface area contributed by atoms with Crippen molar-refractivity contribution >= 4 is 0 Å².